The number of phenols is 1. The fourth-order valence-corrected chi connectivity index (χ4v) is 3.20. The summed E-state index contributed by atoms with van der Waals surface area (Å²) in [5, 5.41) is 18.2. The van der Waals surface area contributed by atoms with Gasteiger partial charge < -0.3 is 15.7 Å². The van der Waals surface area contributed by atoms with E-state index < -0.39 is 0 Å². The average Bonchev–Trinajstić information content (AvgIpc) is 3.19. The summed E-state index contributed by atoms with van der Waals surface area (Å²) < 4.78 is 0. The number of rotatable bonds is 6. The molecule has 1 saturated carbocycles. The van der Waals surface area contributed by atoms with Crippen LogP contribution in [0.25, 0.3) is 0 Å². The molecule has 3 rings (SSSR count). The number of carbonyl (C=O) groups excluding carboxylic acids is 1. The lowest BCUT2D eigenvalue weighted by molar-refractivity contribution is 0.235. The standard InChI is InChI=1S/C16H19N3O2S/c20-13-3-1-2-11(10-13)6-7-18-16(21)19-14(12-4-5-12)15-17-8-9-22-15/h1-3,8-10,12,14,20H,4-7H2,(H2,18,19,21)/t14-/m1/s1. The lowest BCUT2D eigenvalue weighted by atomic mass is 10.1. The Hall–Kier alpha value is -2.08. The van der Waals surface area contributed by atoms with Crippen molar-refractivity contribution in [2.75, 3.05) is 6.54 Å². The van der Waals surface area contributed by atoms with Crippen molar-refractivity contribution in [2.24, 2.45) is 5.92 Å². The highest BCUT2D eigenvalue weighted by molar-refractivity contribution is 7.09. The number of urea groups is 1. The Kier molecular flexibility index (Phi) is 4.58. The Labute approximate surface area is 133 Å². The molecule has 6 heteroatoms. The quantitative estimate of drug-likeness (QED) is 0.767. The molecule has 0 radical (unpaired) electrons. The fourth-order valence-electron chi connectivity index (χ4n) is 2.42. The van der Waals surface area contributed by atoms with Gasteiger partial charge in [-0.15, -0.1) is 11.3 Å². The molecular formula is C16H19N3O2S. The van der Waals surface area contributed by atoms with Crippen LogP contribution < -0.4 is 10.6 Å². The first-order valence-electron chi connectivity index (χ1n) is 7.44. The van der Waals surface area contributed by atoms with Crippen LogP contribution in [0.4, 0.5) is 4.79 Å². The molecule has 1 fully saturated rings. The Morgan fingerprint density at radius 1 is 1.45 bits per heavy atom. The van der Waals surface area contributed by atoms with Gasteiger partial charge >= 0.3 is 6.03 Å². The third-order valence-corrected chi connectivity index (χ3v) is 4.57. The van der Waals surface area contributed by atoms with Crippen molar-refractivity contribution in [3.8, 4) is 5.75 Å². The van der Waals surface area contributed by atoms with E-state index in [-0.39, 0.29) is 17.8 Å². The van der Waals surface area contributed by atoms with E-state index in [1.807, 2.05) is 11.4 Å². The van der Waals surface area contributed by atoms with Gasteiger partial charge in [-0.2, -0.15) is 0 Å². The minimum atomic E-state index is -0.160. The predicted octanol–water partition coefficient (Wildman–Crippen LogP) is 2.84. The zero-order valence-corrected chi connectivity index (χ0v) is 13.0. The number of aromatic nitrogens is 1. The highest BCUT2D eigenvalue weighted by Gasteiger charge is 2.34. The maximum atomic E-state index is 12.0. The Morgan fingerprint density at radius 2 is 2.32 bits per heavy atom. The second-order valence-corrected chi connectivity index (χ2v) is 6.43. The maximum Gasteiger partial charge on any atom is 0.315 e. The molecule has 1 aliphatic rings. The summed E-state index contributed by atoms with van der Waals surface area (Å²) in [6, 6.07) is 6.95. The number of hydrogen-bond acceptors (Lipinski definition) is 4. The molecule has 0 saturated heterocycles. The summed E-state index contributed by atoms with van der Waals surface area (Å²) in [6.07, 6.45) is 4.76. The van der Waals surface area contributed by atoms with Gasteiger partial charge in [-0.05, 0) is 42.9 Å². The number of aromatic hydroxyl groups is 1. The highest BCUT2D eigenvalue weighted by atomic mass is 32.1. The predicted molar refractivity (Wildman–Crippen MR) is 85.9 cm³/mol. The molecule has 5 nitrogen and oxygen atoms in total. The summed E-state index contributed by atoms with van der Waals surface area (Å²) in [6.45, 7) is 0.532. The van der Waals surface area contributed by atoms with Gasteiger partial charge in [0.15, 0.2) is 0 Å². The van der Waals surface area contributed by atoms with E-state index in [1.54, 1.807) is 35.7 Å². The van der Waals surface area contributed by atoms with Gasteiger partial charge in [-0.1, -0.05) is 12.1 Å². The third kappa shape index (κ3) is 3.98. The third-order valence-electron chi connectivity index (χ3n) is 3.71. The molecule has 2 aromatic rings. The van der Waals surface area contributed by atoms with E-state index in [0.29, 0.717) is 18.9 Å². The van der Waals surface area contributed by atoms with Gasteiger partial charge in [0, 0.05) is 18.1 Å². The van der Waals surface area contributed by atoms with Crippen molar-refractivity contribution in [3.63, 3.8) is 0 Å². The highest BCUT2D eigenvalue weighted by Crippen LogP contribution is 2.41. The van der Waals surface area contributed by atoms with Gasteiger partial charge in [0.1, 0.15) is 10.8 Å². The summed E-state index contributed by atoms with van der Waals surface area (Å²) in [4.78, 5) is 16.4. The summed E-state index contributed by atoms with van der Waals surface area (Å²) >= 11 is 1.58. The van der Waals surface area contributed by atoms with E-state index in [0.717, 1.165) is 23.4 Å². The molecule has 1 atom stereocenters. The minimum Gasteiger partial charge on any atom is -0.508 e. The van der Waals surface area contributed by atoms with Gasteiger partial charge in [0.25, 0.3) is 0 Å². The van der Waals surface area contributed by atoms with Crippen LogP contribution in [-0.4, -0.2) is 22.7 Å². The topological polar surface area (TPSA) is 74.2 Å². The number of thiazole rings is 1. The van der Waals surface area contributed by atoms with Crippen LogP contribution >= 0.6 is 11.3 Å². The van der Waals surface area contributed by atoms with Crippen LogP contribution in [0, 0.1) is 5.92 Å². The minimum absolute atomic E-state index is 0.0285. The second-order valence-electron chi connectivity index (χ2n) is 5.51. The normalized spacial score (nSPS) is 15.3. The fraction of sp³-hybridized carbons (Fsp3) is 0.375. The summed E-state index contributed by atoms with van der Waals surface area (Å²) in [5.74, 6) is 0.766. The van der Waals surface area contributed by atoms with Crippen LogP contribution in [0.3, 0.4) is 0 Å². The van der Waals surface area contributed by atoms with E-state index in [2.05, 4.69) is 15.6 Å². The number of hydrogen-bond donors (Lipinski definition) is 3. The van der Waals surface area contributed by atoms with Gasteiger partial charge in [0.2, 0.25) is 0 Å². The monoisotopic (exact) mass is 317 g/mol. The summed E-state index contributed by atoms with van der Waals surface area (Å²) in [5.41, 5.74) is 0.999. The molecule has 2 amide bonds. The van der Waals surface area contributed by atoms with Crippen LogP contribution in [-0.2, 0) is 6.42 Å². The van der Waals surface area contributed by atoms with Crippen LogP contribution in [0.5, 0.6) is 5.75 Å². The van der Waals surface area contributed by atoms with Crippen molar-refractivity contribution < 1.29 is 9.90 Å². The van der Waals surface area contributed by atoms with Crippen molar-refractivity contribution in [1.82, 2.24) is 15.6 Å². The SMILES string of the molecule is O=C(NCCc1cccc(O)c1)N[C@@H](c1nccs1)C1CC1. The van der Waals surface area contributed by atoms with Crippen molar-refractivity contribution in [2.45, 2.75) is 25.3 Å². The number of nitrogens with zero attached hydrogens (tertiary/aromatic N) is 1. The number of phenolic OH excluding ortho intramolecular Hbond substituents is 1. The molecule has 1 aromatic heterocycles. The van der Waals surface area contributed by atoms with Crippen molar-refractivity contribution >= 4 is 17.4 Å². The molecule has 1 aromatic carbocycles. The molecule has 3 N–H and O–H groups in total. The van der Waals surface area contributed by atoms with Gasteiger partial charge in [0.05, 0.1) is 6.04 Å². The molecule has 116 valence electrons. The first-order chi connectivity index (χ1) is 10.7. The number of amides is 2. The number of carbonyl (C=O) groups is 1. The molecular weight excluding hydrogens is 298 g/mol. The number of nitrogens with one attached hydrogen (secondary N) is 2. The molecule has 0 spiro atoms. The lowest BCUT2D eigenvalue weighted by Gasteiger charge is -2.16. The molecule has 0 aliphatic heterocycles. The molecule has 1 heterocycles. The smallest absolute Gasteiger partial charge is 0.315 e. The van der Waals surface area contributed by atoms with Gasteiger partial charge in [-0.3, -0.25) is 0 Å². The van der Waals surface area contributed by atoms with E-state index >= 15 is 0 Å². The maximum absolute atomic E-state index is 12.0. The van der Waals surface area contributed by atoms with E-state index in [1.165, 1.54) is 0 Å². The molecule has 1 aliphatic carbocycles. The van der Waals surface area contributed by atoms with Crippen molar-refractivity contribution in [1.29, 1.82) is 0 Å². The first-order valence-corrected chi connectivity index (χ1v) is 8.32. The van der Waals surface area contributed by atoms with Crippen molar-refractivity contribution in [3.05, 3.63) is 46.4 Å². The van der Waals surface area contributed by atoms with E-state index in [4.69, 9.17) is 0 Å². The number of benzene rings is 1. The lowest BCUT2D eigenvalue weighted by Crippen LogP contribution is -2.39. The Morgan fingerprint density at radius 3 is 3.00 bits per heavy atom. The van der Waals surface area contributed by atoms with Gasteiger partial charge in [-0.25, -0.2) is 9.78 Å². The zero-order valence-electron chi connectivity index (χ0n) is 12.2. The second kappa shape index (κ2) is 6.79. The Balaban J connectivity index is 1.47. The average molecular weight is 317 g/mol. The summed E-state index contributed by atoms with van der Waals surface area (Å²) in [7, 11) is 0. The van der Waals surface area contributed by atoms with E-state index in [9.17, 15) is 9.90 Å². The first kappa shape index (κ1) is 14.8. The van der Waals surface area contributed by atoms with Crippen LogP contribution in [0.2, 0.25) is 0 Å². The molecule has 0 bridgehead atoms. The molecule has 0 unspecified atom stereocenters. The Bertz CT molecular complexity index is 626. The van der Waals surface area contributed by atoms with Crippen LogP contribution in [0.15, 0.2) is 35.8 Å². The molecule has 22 heavy (non-hydrogen) atoms. The van der Waals surface area contributed by atoms with Crippen LogP contribution in [0.1, 0.15) is 29.5 Å². The largest absolute Gasteiger partial charge is 0.508 e. The zero-order chi connectivity index (χ0) is 15.4.